The quantitative estimate of drug-likeness (QED) is 0.356. The number of aliphatic imine (C=N–C) groups is 1. The molecule has 7 nitrogen and oxygen atoms in total. The fraction of sp³-hybridized carbons (Fsp3) is 0.889. The van der Waals surface area contributed by atoms with E-state index >= 15 is 0 Å². The van der Waals surface area contributed by atoms with Crippen molar-refractivity contribution in [2.75, 3.05) is 33.8 Å². The Morgan fingerprint density at radius 3 is 2.54 bits per heavy atom. The number of guanidine groups is 1. The first-order valence-electron chi connectivity index (χ1n) is 9.52. The molecule has 0 aromatic carbocycles. The summed E-state index contributed by atoms with van der Waals surface area (Å²) < 4.78 is 12.2. The van der Waals surface area contributed by atoms with Crippen molar-refractivity contribution in [3.8, 4) is 0 Å². The predicted octanol–water partition coefficient (Wildman–Crippen LogP) is 1.71. The molecule has 1 amide bonds. The minimum atomic E-state index is -0.360. The van der Waals surface area contributed by atoms with E-state index in [-0.39, 0.29) is 48.3 Å². The van der Waals surface area contributed by atoms with Crippen molar-refractivity contribution in [1.82, 2.24) is 15.5 Å². The molecule has 0 bridgehead atoms. The van der Waals surface area contributed by atoms with Gasteiger partial charge in [-0.2, -0.15) is 0 Å². The summed E-state index contributed by atoms with van der Waals surface area (Å²) in [5, 5.41) is 6.68. The first kappa shape index (κ1) is 21.7. The molecule has 1 aliphatic heterocycles. The van der Waals surface area contributed by atoms with Crippen LogP contribution in [0.5, 0.6) is 0 Å². The van der Waals surface area contributed by atoms with E-state index in [4.69, 9.17) is 9.47 Å². The molecule has 26 heavy (non-hydrogen) atoms. The third-order valence-electron chi connectivity index (χ3n) is 5.24. The molecule has 8 heteroatoms. The van der Waals surface area contributed by atoms with Crippen LogP contribution in [-0.4, -0.2) is 68.5 Å². The summed E-state index contributed by atoms with van der Waals surface area (Å²) in [7, 11) is 3.49. The highest BCUT2D eigenvalue weighted by Gasteiger charge is 2.43. The Labute approximate surface area is 173 Å². The fourth-order valence-corrected chi connectivity index (χ4v) is 3.25. The average molecular weight is 480 g/mol. The van der Waals surface area contributed by atoms with Gasteiger partial charge in [-0.1, -0.05) is 6.92 Å². The van der Waals surface area contributed by atoms with Crippen molar-refractivity contribution in [2.45, 2.75) is 63.4 Å². The second-order valence-corrected chi connectivity index (χ2v) is 7.90. The maximum atomic E-state index is 11.8. The molecule has 2 N–H and O–H groups in total. The Kier molecular flexibility index (Phi) is 7.96. The molecule has 0 aromatic heterocycles. The number of amides is 1. The monoisotopic (exact) mass is 480 g/mol. The number of hydrogen-bond acceptors (Lipinski definition) is 4. The second-order valence-electron chi connectivity index (χ2n) is 7.90. The summed E-state index contributed by atoms with van der Waals surface area (Å²) in [5.74, 6) is 1.10. The highest BCUT2D eigenvalue weighted by molar-refractivity contribution is 14.0. The Balaban J connectivity index is 0.00000243. The van der Waals surface area contributed by atoms with Gasteiger partial charge in [0.25, 0.3) is 0 Å². The topological polar surface area (TPSA) is 75.2 Å². The van der Waals surface area contributed by atoms with Crippen molar-refractivity contribution in [2.24, 2.45) is 10.9 Å². The lowest BCUT2D eigenvalue weighted by Gasteiger charge is -2.34. The molecule has 1 saturated heterocycles. The lowest BCUT2D eigenvalue weighted by molar-refractivity contribution is -0.191. The number of halogens is 1. The third-order valence-corrected chi connectivity index (χ3v) is 5.24. The number of nitrogens with zero attached hydrogens (tertiary/aromatic N) is 2. The van der Waals surface area contributed by atoms with Gasteiger partial charge in [-0.05, 0) is 31.6 Å². The van der Waals surface area contributed by atoms with E-state index in [1.54, 1.807) is 19.0 Å². The Morgan fingerprint density at radius 2 is 1.92 bits per heavy atom. The van der Waals surface area contributed by atoms with Crippen molar-refractivity contribution in [3.05, 3.63) is 0 Å². The Bertz CT molecular complexity index is 503. The van der Waals surface area contributed by atoms with Crippen molar-refractivity contribution in [1.29, 1.82) is 0 Å². The van der Waals surface area contributed by atoms with Gasteiger partial charge in [-0.25, -0.2) is 4.99 Å². The number of carbonyl (C=O) groups is 1. The normalized spacial score (nSPS) is 31.4. The fourth-order valence-electron chi connectivity index (χ4n) is 3.25. The molecule has 1 spiro atoms. The van der Waals surface area contributed by atoms with E-state index in [0.29, 0.717) is 25.2 Å². The van der Waals surface area contributed by atoms with E-state index in [2.05, 4.69) is 22.5 Å². The van der Waals surface area contributed by atoms with Gasteiger partial charge in [0, 0.05) is 39.5 Å². The van der Waals surface area contributed by atoms with Gasteiger partial charge >= 0.3 is 0 Å². The zero-order chi connectivity index (χ0) is 17.9. The number of likely N-dealkylation sites (N-methyl/N-ethyl adjacent to an activating group) is 1. The van der Waals surface area contributed by atoms with E-state index < -0.39 is 0 Å². The molecule has 3 aliphatic rings. The van der Waals surface area contributed by atoms with Gasteiger partial charge in [0.1, 0.15) is 12.6 Å². The number of hydrogen-bond donors (Lipinski definition) is 2. The zero-order valence-electron chi connectivity index (χ0n) is 16.1. The summed E-state index contributed by atoms with van der Waals surface area (Å²) in [6.07, 6.45) is 6.67. The predicted molar refractivity (Wildman–Crippen MR) is 112 cm³/mol. The summed E-state index contributed by atoms with van der Waals surface area (Å²) in [5.41, 5.74) is 0. The molecule has 0 aromatic rings. The number of rotatable bonds is 5. The molecule has 1 unspecified atom stereocenters. The summed E-state index contributed by atoms with van der Waals surface area (Å²) in [6.45, 7) is 3.71. The molecule has 3 rings (SSSR count). The molecular formula is C18H33IN4O3. The molecule has 0 radical (unpaired) electrons. The van der Waals surface area contributed by atoms with E-state index in [1.807, 2.05) is 0 Å². The van der Waals surface area contributed by atoms with Crippen LogP contribution in [0.15, 0.2) is 4.99 Å². The third kappa shape index (κ3) is 6.23. The smallest absolute Gasteiger partial charge is 0.243 e. The molecular weight excluding hydrogens is 447 g/mol. The standard InChI is InChI=1S/C18H32N4O3.HI/c1-13-6-8-18(9-7-13)24-12-15(25-18)10-19-17(21-14-4-5-14)20-11-16(23)22(2)3;/h13-15H,4-12H2,1-3H3,(H2,19,20,21);1H. The maximum absolute atomic E-state index is 11.8. The van der Waals surface area contributed by atoms with Gasteiger partial charge < -0.3 is 25.0 Å². The molecule has 150 valence electrons. The summed E-state index contributed by atoms with van der Waals surface area (Å²) >= 11 is 0. The lowest BCUT2D eigenvalue weighted by Crippen LogP contribution is -2.44. The number of ether oxygens (including phenoxy) is 2. The SMILES string of the molecule is CC1CCC2(CC1)OCC(CNC(=NCC(=O)N(C)C)NC1CC1)O2.I. The van der Waals surface area contributed by atoms with Crippen molar-refractivity contribution < 1.29 is 14.3 Å². The van der Waals surface area contributed by atoms with Crippen molar-refractivity contribution >= 4 is 35.8 Å². The minimum absolute atomic E-state index is 0. The molecule has 2 aliphatic carbocycles. The maximum Gasteiger partial charge on any atom is 0.243 e. The first-order valence-corrected chi connectivity index (χ1v) is 9.52. The molecule has 1 heterocycles. The number of carbonyl (C=O) groups excluding carboxylic acids is 1. The zero-order valence-corrected chi connectivity index (χ0v) is 18.5. The van der Waals surface area contributed by atoms with Crippen molar-refractivity contribution in [3.63, 3.8) is 0 Å². The van der Waals surface area contributed by atoms with Crippen LogP contribution in [-0.2, 0) is 14.3 Å². The van der Waals surface area contributed by atoms with Crippen LogP contribution in [0, 0.1) is 5.92 Å². The van der Waals surface area contributed by atoms with E-state index in [0.717, 1.165) is 31.6 Å². The van der Waals surface area contributed by atoms with Crippen LogP contribution >= 0.6 is 24.0 Å². The minimum Gasteiger partial charge on any atom is -0.354 e. The van der Waals surface area contributed by atoms with Gasteiger partial charge in [0.05, 0.1) is 6.61 Å². The summed E-state index contributed by atoms with van der Waals surface area (Å²) in [4.78, 5) is 17.7. The van der Waals surface area contributed by atoms with Gasteiger partial charge in [0.2, 0.25) is 5.91 Å². The van der Waals surface area contributed by atoms with Gasteiger partial charge in [-0.3, -0.25) is 4.79 Å². The van der Waals surface area contributed by atoms with Crippen LogP contribution in [0.3, 0.4) is 0 Å². The largest absolute Gasteiger partial charge is 0.354 e. The van der Waals surface area contributed by atoms with Crippen LogP contribution in [0.25, 0.3) is 0 Å². The average Bonchev–Trinajstić information content (AvgIpc) is 3.32. The number of nitrogens with one attached hydrogen (secondary N) is 2. The van der Waals surface area contributed by atoms with E-state index in [9.17, 15) is 4.79 Å². The van der Waals surface area contributed by atoms with E-state index in [1.165, 1.54) is 12.8 Å². The van der Waals surface area contributed by atoms with Gasteiger partial charge in [0.15, 0.2) is 11.7 Å². The highest BCUT2D eigenvalue weighted by Crippen LogP contribution is 2.39. The second kappa shape index (κ2) is 9.54. The Hall–Kier alpha value is -0.610. The summed E-state index contributed by atoms with van der Waals surface area (Å²) in [6, 6.07) is 0.479. The Morgan fingerprint density at radius 1 is 1.23 bits per heavy atom. The molecule has 1 atom stereocenters. The van der Waals surface area contributed by atoms with Crippen LogP contribution < -0.4 is 10.6 Å². The van der Waals surface area contributed by atoms with Crippen LogP contribution in [0.1, 0.15) is 45.4 Å². The van der Waals surface area contributed by atoms with Gasteiger partial charge in [-0.15, -0.1) is 24.0 Å². The first-order chi connectivity index (χ1) is 12.0. The highest BCUT2D eigenvalue weighted by atomic mass is 127. The molecule has 2 saturated carbocycles. The lowest BCUT2D eigenvalue weighted by atomic mass is 9.86. The molecule has 3 fully saturated rings. The van der Waals surface area contributed by atoms with Crippen LogP contribution in [0.2, 0.25) is 0 Å². The van der Waals surface area contributed by atoms with Crippen LogP contribution in [0.4, 0.5) is 0 Å².